The lowest BCUT2D eigenvalue weighted by molar-refractivity contribution is -0.137. The largest absolute Gasteiger partial charge is 0.444 e. The number of alkyl halides is 3. The molecule has 4 nitrogen and oxygen atoms in total. The van der Waals surface area contributed by atoms with Gasteiger partial charge in [0.05, 0.1) is 5.56 Å². The number of carbonyl (C=O) groups is 1. The zero-order valence-corrected chi connectivity index (χ0v) is 13.9. The van der Waals surface area contributed by atoms with Crippen molar-refractivity contribution < 1.29 is 22.7 Å². The standard InChI is InChI=1S/C17H21F3N2O2/c1-15(2,3)24-14(23)22-9-16(10-22)8-21-13(16)11-4-6-12(7-5-11)17(18,19)20/h4-7,13,21H,8-10H2,1-3H3/t13-/m0/s1. The number of ether oxygens (including phenoxy) is 1. The van der Waals surface area contributed by atoms with Gasteiger partial charge in [-0.3, -0.25) is 0 Å². The number of carbonyl (C=O) groups excluding carboxylic acids is 1. The molecule has 2 aliphatic heterocycles. The van der Waals surface area contributed by atoms with E-state index in [1.165, 1.54) is 12.1 Å². The second kappa shape index (κ2) is 5.37. The molecule has 1 N–H and O–H groups in total. The Morgan fingerprint density at radius 1 is 1.21 bits per heavy atom. The Hall–Kier alpha value is -1.76. The molecule has 0 unspecified atom stereocenters. The summed E-state index contributed by atoms with van der Waals surface area (Å²) in [5, 5.41) is 3.26. The number of hydrogen-bond donors (Lipinski definition) is 1. The molecule has 7 heteroatoms. The highest BCUT2D eigenvalue weighted by atomic mass is 19.4. The van der Waals surface area contributed by atoms with Crippen molar-refractivity contribution in [2.45, 2.75) is 38.6 Å². The molecule has 3 rings (SSSR count). The molecule has 0 aliphatic carbocycles. The number of hydrogen-bond acceptors (Lipinski definition) is 3. The summed E-state index contributed by atoms with van der Waals surface area (Å²) in [6.45, 7) is 7.31. The molecule has 24 heavy (non-hydrogen) atoms. The number of nitrogens with zero attached hydrogens (tertiary/aromatic N) is 1. The minimum Gasteiger partial charge on any atom is -0.444 e. The third-order valence-corrected chi connectivity index (χ3v) is 4.51. The van der Waals surface area contributed by atoms with Crippen molar-refractivity contribution in [1.29, 1.82) is 0 Å². The third-order valence-electron chi connectivity index (χ3n) is 4.51. The molecule has 2 fully saturated rings. The van der Waals surface area contributed by atoms with Crippen LogP contribution in [0.2, 0.25) is 0 Å². The van der Waals surface area contributed by atoms with Crippen LogP contribution in [0.5, 0.6) is 0 Å². The van der Waals surface area contributed by atoms with Gasteiger partial charge in [0.1, 0.15) is 5.60 Å². The average molecular weight is 342 g/mol. The fourth-order valence-corrected chi connectivity index (χ4v) is 3.29. The van der Waals surface area contributed by atoms with Crippen LogP contribution in [-0.4, -0.2) is 36.2 Å². The number of nitrogens with one attached hydrogen (secondary N) is 1. The zero-order chi connectivity index (χ0) is 17.8. The normalized spacial score (nSPS) is 22.8. The van der Waals surface area contributed by atoms with Gasteiger partial charge in [0.25, 0.3) is 0 Å². The monoisotopic (exact) mass is 342 g/mol. The molecule has 0 radical (unpaired) electrons. The van der Waals surface area contributed by atoms with Crippen molar-refractivity contribution in [3.63, 3.8) is 0 Å². The first kappa shape index (κ1) is 17.1. The van der Waals surface area contributed by atoms with Gasteiger partial charge in [-0.1, -0.05) is 12.1 Å². The Bertz CT molecular complexity index is 629. The molecule has 0 saturated carbocycles. The highest BCUT2D eigenvalue weighted by Gasteiger charge is 2.57. The molecule has 1 aromatic rings. The fraction of sp³-hybridized carbons (Fsp3) is 0.588. The fourth-order valence-electron chi connectivity index (χ4n) is 3.29. The average Bonchev–Trinajstić information content (AvgIpc) is 2.33. The summed E-state index contributed by atoms with van der Waals surface area (Å²) in [5.74, 6) is 0. The maximum absolute atomic E-state index is 12.6. The Balaban J connectivity index is 1.63. The van der Waals surface area contributed by atoms with E-state index in [0.717, 1.165) is 24.2 Å². The van der Waals surface area contributed by atoms with E-state index in [1.807, 2.05) is 20.8 Å². The molecule has 2 aliphatic rings. The summed E-state index contributed by atoms with van der Waals surface area (Å²) in [5.41, 5.74) is -0.469. The number of halogens is 3. The molecule has 132 valence electrons. The maximum Gasteiger partial charge on any atom is 0.416 e. The highest BCUT2D eigenvalue weighted by Crippen LogP contribution is 2.48. The van der Waals surface area contributed by atoms with Crippen LogP contribution in [0.1, 0.15) is 37.9 Å². The number of amides is 1. The van der Waals surface area contributed by atoms with Crippen LogP contribution in [0.25, 0.3) is 0 Å². The molecule has 1 aromatic carbocycles. The predicted molar refractivity (Wildman–Crippen MR) is 82.4 cm³/mol. The maximum atomic E-state index is 12.6. The quantitative estimate of drug-likeness (QED) is 0.848. The number of likely N-dealkylation sites (tertiary alicyclic amines) is 1. The summed E-state index contributed by atoms with van der Waals surface area (Å²) in [7, 11) is 0. The van der Waals surface area contributed by atoms with Crippen molar-refractivity contribution in [3.8, 4) is 0 Å². The SMILES string of the molecule is CC(C)(C)OC(=O)N1CC2(CN[C@H]2c2ccc(C(F)(F)F)cc2)C1. The van der Waals surface area contributed by atoms with Crippen LogP contribution >= 0.6 is 0 Å². The first-order valence-electron chi connectivity index (χ1n) is 7.89. The van der Waals surface area contributed by atoms with E-state index in [1.54, 1.807) is 4.90 Å². The van der Waals surface area contributed by atoms with Gasteiger partial charge >= 0.3 is 12.3 Å². The summed E-state index contributed by atoms with van der Waals surface area (Å²) in [6.07, 6.45) is -4.67. The van der Waals surface area contributed by atoms with Gasteiger partial charge in [0.2, 0.25) is 0 Å². The summed E-state index contributed by atoms with van der Waals surface area (Å²) in [4.78, 5) is 13.7. The molecule has 1 spiro atoms. The van der Waals surface area contributed by atoms with Crippen molar-refractivity contribution in [3.05, 3.63) is 35.4 Å². The van der Waals surface area contributed by atoms with Crippen molar-refractivity contribution in [2.75, 3.05) is 19.6 Å². The molecule has 1 atom stereocenters. The van der Waals surface area contributed by atoms with Gasteiger partial charge in [0.15, 0.2) is 0 Å². The van der Waals surface area contributed by atoms with Gasteiger partial charge in [0, 0.05) is 31.1 Å². The van der Waals surface area contributed by atoms with Crippen molar-refractivity contribution in [2.24, 2.45) is 5.41 Å². The third kappa shape index (κ3) is 3.09. The minimum atomic E-state index is -4.33. The topological polar surface area (TPSA) is 41.6 Å². The second-order valence-electron chi connectivity index (χ2n) is 7.63. The van der Waals surface area contributed by atoms with Gasteiger partial charge in [-0.15, -0.1) is 0 Å². The molecule has 2 heterocycles. The lowest BCUT2D eigenvalue weighted by atomic mass is 9.65. The zero-order valence-electron chi connectivity index (χ0n) is 13.9. The van der Waals surface area contributed by atoms with Crippen LogP contribution in [-0.2, 0) is 10.9 Å². The Morgan fingerprint density at radius 3 is 2.21 bits per heavy atom. The van der Waals surface area contributed by atoms with Gasteiger partial charge in [-0.2, -0.15) is 13.2 Å². The smallest absolute Gasteiger partial charge is 0.416 e. The van der Waals surface area contributed by atoms with Crippen LogP contribution in [0.4, 0.5) is 18.0 Å². The van der Waals surface area contributed by atoms with Crippen LogP contribution in [0.15, 0.2) is 24.3 Å². The number of rotatable bonds is 1. The van der Waals surface area contributed by atoms with E-state index < -0.39 is 17.3 Å². The van der Waals surface area contributed by atoms with E-state index in [9.17, 15) is 18.0 Å². The summed E-state index contributed by atoms with van der Waals surface area (Å²) >= 11 is 0. The van der Waals surface area contributed by atoms with E-state index in [-0.39, 0.29) is 17.6 Å². The molecular weight excluding hydrogens is 321 g/mol. The van der Waals surface area contributed by atoms with Crippen LogP contribution in [0.3, 0.4) is 0 Å². The molecule has 0 bridgehead atoms. The van der Waals surface area contributed by atoms with E-state index in [0.29, 0.717) is 13.1 Å². The minimum absolute atomic E-state index is 0.0292. The van der Waals surface area contributed by atoms with Crippen molar-refractivity contribution in [1.82, 2.24) is 10.2 Å². The lowest BCUT2D eigenvalue weighted by Gasteiger charge is -2.60. The van der Waals surface area contributed by atoms with Gasteiger partial charge in [-0.05, 0) is 38.5 Å². The Kier molecular flexibility index (Phi) is 3.82. The molecular formula is C17H21F3N2O2. The second-order valence-corrected chi connectivity index (χ2v) is 7.63. The first-order valence-corrected chi connectivity index (χ1v) is 7.89. The summed E-state index contributed by atoms with van der Waals surface area (Å²) < 4.78 is 43.3. The predicted octanol–water partition coefficient (Wildman–Crippen LogP) is 3.59. The van der Waals surface area contributed by atoms with Crippen LogP contribution in [0, 0.1) is 5.41 Å². The molecule has 2 saturated heterocycles. The first-order chi connectivity index (χ1) is 11.0. The molecule has 1 amide bonds. The van der Waals surface area contributed by atoms with E-state index in [4.69, 9.17) is 4.74 Å². The summed E-state index contributed by atoms with van der Waals surface area (Å²) in [6, 6.07) is 5.20. The van der Waals surface area contributed by atoms with Crippen LogP contribution < -0.4 is 5.32 Å². The lowest BCUT2D eigenvalue weighted by Crippen LogP contribution is -2.73. The molecule has 0 aromatic heterocycles. The van der Waals surface area contributed by atoms with E-state index >= 15 is 0 Å². The highest BCUT2D eigenvalue weighted by molar-refractivity contribution is 5.69. The van der Waals surface area contributed by atoms with Gasteiger partial charge in [-0.25, -0.2) is 4.79 Å². The van der Waals surface area contributed by atoms with Gasteiger partial charge < -0.3 is 15.0 Å². The van der Waals surface area contributed by atoms with E-state index in [2.05, 4.69) is 5.32 Å². The number of benzene rings is 1. The Labute approximate surface area is 139 Å². The van der Waals surface area contributed by atoms with Crippen molar-refractivity contribution >= 4 is 6.09 Å². The Morgan fingerprint density at radius 2 is 1.79 bits per heavy atom.